The second kappa shape index (κ2) is 7.88. The Kier molecular flexibility index (Phi) is 4.78. The van der Waals surface area contributed by atoms with Crippen LogP contribution in [-0.4, -0.2) is 7.05 Å². The SMILES string of the molecule is CN(c1cccc(-c2ccccc2)c1)c1ccc2c(-c3ccccc3)cccc2c1. The second-order valence-electron chi connectivity index (χ2n) is 7.55. The average molecular weight is 386 g/mol. The van der Waals surface area contributed by atoms with Gasteiger partial charge in [0.25, 0.3) is 0 Å². The third-order valence-corrected chi connectivity index (χ3v) is 5.68. The quantitative estimate of drug-likeness (QED) is 0.303. The van der Waals surface area contributed by atoms with Crippen LogP contribution in [-0.2, 0) is 0 Å². The number of anilines is 2. The summed E-state index contributed by atoms with van der Waals surface area (Å²) in [6.07, 6.45) is 0. The third kappa shape index (κ3) is 3.46. The van der Waals surface area contributed by atoms with E-state index in [4.69, 9.17) is 0 Å². The maximum absolute atomic E-state index is 2.27. The molecule has 0 fully saturated rings. The van der Waals surface area contributed by atoms with Gasteiger partial charge in [-0.1, -0.05) is 97.1 Å². The normalized spacial score (nSPS) is 10.8. The summed E-state index contributed by atoms with van der Waals surface area (Å²) in [5, 5.41) is 2.53. The monoisotopic (exact) mass is 385 g/mol. The molecule has 1 heteroatoms. The zero-order chi connectivity index (χ0) is 20.3. The molecule has 144 valence electrons. The molecule has 0 amide bonds. The Bertz CT molecular complexity index is 1290. The van der Waals surface area contributed by atoms with E-state index in [2.05, 4.69) is 133 Å². The van der Waals surface area contributed by atoms with Gasteiger partial charge in [0, 0.05) is 18.4 Å². The molecule has 30 heavy (non-hydrogen) atoms. The molecule has 0 aliphatic rings. The fourth-order valence-electron chi connectivity index (χ4n) is 4.02. The van der Waals surface area contributed by atoms with Crippen molar-refractivity contribution >= 4 is 22.1 Å². The fourth-order valence-corrected chi connectivity index (χ4v) is 4.02. The highest BCUT2D eigenvalue weighted by molar-refractivity contribution is 5.98. The summed E-state index contributed by atoms with van der Waals surface area (Å²) < 4.78 is 0. The van der Waals surface area contributed by atoms with Crippen molar-refractivity contribution in [1.82, 2.24) is 0 Å². The molecule has 0 N–H and O–H groups in total. The molecule has 0 unspecified atom stereocenters. The summed E-state index contributed by atoms with van der Waals surface area (Å²) in [6.45, 7) is 0. The molecule has 0 aliphatic heterocycles. The van der Waals surface area contributed by atoms with Crippen LogP contribution in [0.5, 0.6) is 0 Å². The molecule has 5 rings (SSSR count). The summed E-state index contributed by atoms with van der Waals surface area (Å²) in [7, 11) is 2.13. The maximum atomic E-state index is 2.27. The molecule has 0 heterocycles. The average Bonchev–Trinajstić information content (AvgIpc) is 2.84. The van der Waals surface area contributed by atoms with Crippen LogP contribution in [0.25, 0.3) is 33.0 Å². The number of nitrogens with zero attached hydrogens (tertiary/aromatic N) is 1. The van der Waals surface area contributed by atoms with Crippen LogP contribution >= 0.6 is 0 Å². The summed E-state index contributed by atoms with van der Waals surface area (Å²) >= 11 is 0. The lowest BCUT2D eigenvalue weighted by molar-refractivity contribution is 1.21. The van der Waals surface area contributed by atoms with Crippen molar-refractivity contribution in [1.29, 1.82) is 0 Å². The number of fused-ring (bicyclic) bond motifs is 1. The summed E-state index contributed by atoms with van der Waals surface area (Å²) in [5.41, 5.74) is 7.34. The van der Waals surface area contributed by atoms with Gasteiger partial charge < -0.3 is 4.90 Å². The van der Waals surface area contributed by atoms with Gasteiger partial charge in [0.1, 0.15) is 0 Å². The highest BCUT2D eigenvalue weighted by atomic mass is 15.1. The Morgan fingerprint density at radius 2 is 1.10 bits per heavy atom. The van der Waals surface area contributed by atoms with E-state index in [9.17, 15) is 0 Å². The molecule has 5 aromatic rings. The molecule has 0 aromatic heterocycles. The molecule has 0 saturated carbocycles. The molecule has 0 saturated heterocycles. The van der Waals surface area contributed by atoms with E-state index in [1.807, 2.05) is 0 Å². The van der Waals surface area contributed by atoms with E-state index in [0.29, 0.717) is 0 Å². The molecule has 0 bridgehead atoms. The number of hydrogen-bond donors (Lipinski definition) is 0. The van der Waals surface area contributed by atoms with Crippen LogP contribution < -0.4 is 4.90 Å². The van der Waals surface area contributed by atoms with Crippen LogP contribution in [0, 0.1) is 0 Å². The lowest BCUT2D eigenvalue weighted by atomic mass is 9.98. The van der Waals surface area contributed by atoms with Gasteiger partial charge in [-0.25, -0.2) is 0 Å². The predicted octanol–water partition coefficient (Wildman–Crippen LogP) is 7.94. The van der Waals surface area contributed by atoms with Crippen LogP contribution in [0.4, 0.5) is 11.4 Å². The smallest absolute Gasteiger partial charge is 0.0414 e. The van der Waals surface area contributed by atoms with Crippen molar-refractivity contribution < 1.29 is 0 Å². The van der Waals surface area contributed by atoms with Crippen molar-refractivity contribution in [2.24, 2.45) is 0 Å². The zero-order valence-corrected chi connectivity index (χ0v) is 17.0. The fraction of sp³-hybridized carbons (Fsp3) is 0.0345. The molecular formula is C29H23N. The minimum absolute atomic E-state index is 1.18. The van der Waals surface area contributed by atoms with Gasteiger partial charge >= 0.3 is 0 Å². The lowest BCUT2D eigenvalue weighted by Gasteiger charge is -2.21. The highest BCUT2D eigenvalue weighted by Crippen LogP contribution is 2.33. The van der Waals surface area contributed by atoms with Gasteiger partial charge in [0.15, 0.2) is 0 Å². The van der Waals surface area contributed by atoms with E-state index >= 15 is 0 Å². The number of hydrogen-bond acceptors (Lipinski definition) is 1. The van der Waals surface area contributed by atoms with Crippen molar-refractivity contribution in [2.45, 2.75) is 0 Å². The van der Waals surface area contributed by atoms with E-state index < -0.39 is 0 Å². The van der Waals surface area contributed by atoms with E-state index in [1.54, 1.807) is 0 Å². The van der Waals surface area contributed by atoms with Gasteiger partial charge in [-0.15, -0.1) is 0 Å². The van der Waals surface area contributed by atoms with Gasteiger partial charge in [-0.2, -0.15) is 0 Å². The van der Waals surface area contributed by atoms with Crippen molar-refractivity contribution in [2.75, 3.05) is 11.9 Å². The van der Waals surface area contributed by atoms with Crippen LogP contribution in [0.1, 0.15) is 0 Å². The molecule has 1 nitrogen and oxygen atoms in total. The largest absolute Gasteiger partial charge is 0.345 e. The first-order chi connectivity index (χ1) is 14.8. The minimum atomic E-state index is 1.18. The van der Waals surface area contributed by atoms with Gasteiger partial charge in [-0.05, 0) is 57.3 Å². The summed E-state index contributed by atoms with van der Waals surface area (Å²) in [5.74, 6) is 0. The van der Waals surface area contributed by atoms with Gasteiger partial charge in [-0.3, -0.25) is 0 Å². The Balaban J connectivity index is 1.53. The Morgan fingerprint density at radius 3 is 1.87 bits per heavy atom. The topological polar surface area (TPSA) is 3.24 Å². The van der Waals surface area contributed by atoms with Crippen LogP contribution in [0.3, 0.4) is 0 Å². The third-order valence-electron chi connectivity index (χ3n) is 5.68. The van der Waals surface area contributed by atoms with Crippen molar-refractivity contribution in [3.63, 3.8) is 0 Å². The highest BCUT2D eigenvalue weighted by Gasteiger charge is 2.09. The summed E-state index contributed by atoms with van der Waals surface area (Å²) in [4.78, 5) is 2.25. The minimum Gasteiger partial charge on any atom is -0.345 e. The molecule has 5 aromatic carbocycles. The first-order valence-electron chi connectivity index (χ1n) is 10.3. The van der Waals surface area contributed by atoms with Crippen LogP contribution in [0.15, 0.2) is 121 Å². The Morgan fingerprint density at radius 1 is 0.467 bits per heavy atom. The first-order valence-corrected chi connectivity index (χ1v) is 10.3. The lowest BCUT2D eigenvalue weighted by Crippen LogP contribution is -2.09. The molecule has 0 spiro atoms. The maximum Gasteiger partial charge on any atom is 0.0414 e. The summed E-state index contributed by atoms with van der Waals surface area (Å²) in [6, 6.07) is 43.1. The first kappa shape index (κ1) is 18.2. The van der Waals surface area contributed by atoms with E-state index in [0.717, 1.165) is 0 Å². The Labute approximate surface area is 177 Å². The van der Waals surface area contributed by atoms with Gasteiger partial charge in [0.2, 0.25) is 0 Å². The molecular weight excluding hydrogens is 362 g/mol. The number of rotatable bonds is 4. The number of benzene rings is 5. The van der Waals surface area contributed by atoms with Crippen molar-refractivity contribution in [3.05, 3.63) is 121 Å². The molecule has 0 radical (unpaired) electrons. The van der Waals surface area contributed by atoms with E-state index in [-0.39, 0.29) is 0 Å². The standard InChI is InChI=1S/C29H23N/c1-30(26-16-8-14-24(20-26)22-10-4-2-5-11-22)27-18-19-29-25(21-27)15-9-17-28(29)23-12-6-3-7-13-23/h2-21H,1H3. The zero-order valence-electron chi connectivity index (χ0n) is 17.0. The van der Waals surface area contributed by atoms with E-state index in [1.165, 1.54) is 44.4 Å². The van der Waals surface area contributed by atoms with Gasteiger partial charge in [0.05, 0.1) is 0 Å². The molecule has 0 atom stereocenters. The molecule has 0 aliphatic carbocycles. The second-order valence-corrected chi connectivity index (χ2v) is 7.55. The predicted molar refractivity (Wildman–Crippen MR) is 129 cm³/mol. The van der Waals surface area contributed by atoms with Crippen molar-refractivity contribution in [3.8, 4) is 22.3 Å². The van der Waals surface area contributed by atoms with Crippen LogP contribution in [0.2, 0.25) is 0 Å². The Hall–Kier alpha value is -3.84.